The minimum absolute atomic E-state index is 0.0816. The van der Waals surface area contributed by atoms with Crippen LogP contribution in [0, 0.1) is 12.7 Å². The molecule has 0 bridgehead atoms. The van der Waals surface area contributed by atoms with Gasteiger partial charge < -0.3 is 15.4 Å². The second-order valence-electron chi connectivity index (χ2n) is 6.45. The summed E-state index contributed by atoms with van der Waals surface area (Å²) in [6.07, 6.45) is 0.306. The highest BCUT2D eigenvalue weighted by molar-refractivity contribution is 7.10. The Morgan fingerprint density at radius 2 is 1.96 bits per heavy atom. The van der Waals surface area contributed by atoms with Crippen LogP contribution in [-0.4, -0.2) is 19.6 Å². The lowest BCUT2D eigenvalue weighted by Gasteiger charge is -2.18. The maximum absolute atomic E-state index is 13.3. The van der Waals surface area contributed by atoms with Crippen LogP contribution in [0.3, 0.4) is 0 Å². The third-order valence-corrected chi connectivity index (χ3v) is 5.30. The number of halogens is 1. The summed E-state index contributed by atoms with van der Waals surface area (Å²) in [7, 11) is 1.62. The number of anilines is 1. The molecule has 2 aromatic carbocycles. The quantitative estimate of drug-likeness (QED) is 0.567. The summed E-state index contributed by atoms with van der Waals surface area (Å²) in [5.74, 6) is 0.368. The molecule has 0 saturated carbocycles. The number of rotatable bonds is 8. The standard InChI is InChI=1S/C22H23FN2O2S/c1-15-5-10-19(27-2)18(14-15)24-12-11-21(26)25-22(20-4-3-13-28-20)16-6-8-17(23)9-7-16/h3-10,13-14,22,24H,11-12H2,1-2H3,(H,25,26). The van der Waals surface area contributed by atoms with E-state index in [0.29, 0.717) is 13.0 Å². The second-order valence-corrected chi connectivity index (χ2v) is 7.43. The summed E-state index contributed by atoms with van der Waals surface area (Å²) in [6.45, 7) is 2.48. The van der Waals surface area contributed by atoms with Gasteiger partial charge in [-0.15, -0.1) is 11.3 Å². The van der Waals surface area contributed by atoms with Crippen LogP contribution in [0.5, 0.6) is 5.75 Å². The Balaban J connectivity index is 1.63. The number of ether oxygens (including phenoxy) is 1. The molecule has 0 radical (unpaired) electrons. The lowest BCUT2D eigenvalue weighted by molar-refractivity contribution is -0.121. The smallest absolute Gasteiger partial charge is 0.222 e. The molecule has 0 aliphatic rings. The number of nitrogens with one attached hydrogen (secondary N) is 2. The molecule has 6 heteroatoms. The summed E-state index contributed by atoms with van der Waals surface area (Å²) in [5, 5.41) is 8.28. The molecule has 2 N–H and O–H groups in total. The van der Waals surface area contributed by atoms with Gasteiger partial charge in [-0.3, -0.25) is 4.79 Å². The minimum Gasteiger partial charge on any atom is -0.495 e. The zero-order chi connectivity index (χ0) is 19.9. The van der Waals surface area contributed by atoms with E-state index in [1.54, 1.807) is 30.6 Å². The van der Waals surface area contributed by atoms with E-state index >= 15 is 0 Å². The Bertz CT molecular complexity index is 911. The van der Waals surface area contributed by atoms with Crippen LogP contribution in [0.25, 0.3) is 0 Å². The third-order valence-electron chi connectivity index (χ3n) is 4.36. The van der Waals surface area contributed by atoms with Crippen molar-refractivity contribution in [3.05, 3.63) is 81.8 Å². The molecular weight excluding hydrogens is 375 g/mol. The van der Waals surface area contributed by atoms with Crippen molar-refractivity contribution < 1.29 is 13.9 Å². The first kappa shape index (κ1) is 19.9. The highest BCUT2D eigenvalue weighted by Gasteiger charge is 2.18. The number of amides is 1. The van der Waals surface area contributed by atoms with Crippen molar-refractivity contribution in [2.45, 2.75) is 19.4 Å². The Kier molecular flexibility index (Phi) is 6.66. The molecular formula is C22H23FN2O2S. The van der Waals surface area contributed by atoms with Crippen LogP contribution in [0.15, 0.2) is 60.0 Å². The Hall–Kier alpha value is -2.86. The molecule has 1 heterocycles. The van der Waals surface area contributed by atoms with Crippen LogP contribution in [-0.2, 0) is 4.79 Å². The van der Waals surface area contributed by atoms with Gasteiger partial charge >= 0.3 is 0 Å². The fourth-order valence-corrected chi connectivity index (χ4v) is 3.74. The number of hydrogen-bond acceptors (Lipinski definition) is 4. The summed E-state index contributed by atoms with van der Waals surface area (Å²) >= 11 is 1.56. The van der Waals surface area contributed by atoms with Crippen molar-refractivity contribution in [2.24, 2.45) is 0 Å². The number of aryl methyl sites for hydroxylation is 1. The van der Waals surface area contributed by atoms with Crippen LogP contribution in [0.1, 0.15) is 28.5 Å². The highest BCUT2D eigenvalue weighted by atomic mass is 32.1. The number of carbonyl (C=O) groups is 1. The summed E-state index contributed by atoms with van der Waals surface area (Å²) < 4.78 is 18.6. The molecule has 1 unspecified atom stereocenters. The molecule has 0 spiro atoms. The van der Waals surface area contributed by atoms with Crippen LogP contribution < -0.4 is 15.4 Å². The van der Waals surface area contributed by atoms with Gasteiger partial charge in [0.2, 0.25) is 5.91 Å². The SMILES string of the molecule is COc1ccc(C)cc1NCCC(=O)NC(c1ccc(F)cc1)c1cccs1. The zero-order valence-electron chi connectivity index (χ0n) is 15.9. The molecule has 0 aliphatic heterocycles. The van der Waals surface area contributed by atoms with Gasteiger partial charge in [-0.25, -0.2) is 4.39 Å². The van der Waals surface area contributed by atoms with E-state index in [-0.39, 0.29) is 17.8 Å². The van der Waals surface area contributed by atoms with Gasteiger partial charge in [0.25, 0.3) is 0 Å². The predicted octanol–water partition coefficient (Wildman–Crippen LogP) is 4.91. The van der Waals surface area contributed by atoms with Crippen LogP contribution >= 0.6 is 11.3 Å². The first-order valence-electron chi connectivity index (χ1n) is 9.03. The van der Waals surface area contributed by atoms with Gasteiger partial charge in [-0.1, -0.05) is 24.3 Å². The van der Waals surface area contributed by atoms with Gasteiger partial charge in [0.1, 0.15) is 11.6 Å². The average Bonchev–Trinajstić information content (AvgIpc) is 3.22. The molecule has 1 amide bonds. The molecule has 3 rings (SSSR count). The molecule has 28 heavy (non-hydrogen) atoms. The third kappa shape index (κ3) is 5.10. The van der Waals surface area contributed by atoms with E-state index in [1.165, 1.54) is 12.1 Å². The number of thiophene rings is 1. The normalized spacial score (nSPS) is 11.7. The number of methoxy groups -OCH3 is 1. The van der Waals surface area contributed by atoms with Crippen molar-refractivity contribution in [2.75, 3.05) is 19.0 Å². The second kappa shape index (κ2) is 9.37. The van der Waals surface area contributed by atoms with Crippen molar-refractivity contribution in [1.82, 2.24) is 5.32 Å². The first-order valence-corrected chi connectivity index (χ1v) is 9.91. The van der Waals surface area contributed by atoms with Gasteiger partial charge in [0, 0.05) is 17.8 Å². The van der Waals surface area contributed by atoms with Gasteiger partial charge in [-0.05, 0) is 53.8 Å². The molecule has 1 atom stereocenters. The Morgan fingerprint density at radius 1 is 1.18 bits per heavy atom. The van der Waals surface area contributed by atoms with Gasteiger partial charge in [0.05, 0.1) is 18.8 Å². The monoisotopic (exact) mass is 398 g/mol. The molecule has 3 aromatic rings. The molecule has 0 aliphatic carbocycles. The lowest BCUT2D eigenvalue weighted by Crippen LogP contribution is -2.30. The van der Waals surface area contributed by atoms with E-state index in [9.17, 15) is 9.18 Å². The van der Waals surface area contributed by atoms with E-state index < -0.39 is 0 Å². The van der Waals surface area contributed by atoms with Crippen molar-refractivity contribution in [3.8, 4) is 5.75 Å². The molecule has 4 nitrogen and oxygen atoms in total. The van der Waals surface area contributed by atoms with Crippen LogP contribution in [0.2, 0.25) is 0 Å². The predicted molar refractivity (Wildman–Crippen MR) is 112 cm³/mol. The number of carbonyl (C=O) groups excluding carboxylic acids is 1. The van der Waals surface area contributed by atoms with E-state index in [1.807, 2.05) is 42.6 Å². The summed E-state index contributed by atoms with van der Waals surface area (Å²) in [5.41, 5.74) is 2.83. The number of benzene rings is 2. The van der Waals surface area contributed by atoms with Gasteiger partial charge in [0.15, 0.2) is 0 Å². The fourth-order valence-electron chi connectivity index (χ4n) is 2.93. The molecule has 0 saturated heterocycles. The maximum atomic E-state index is 13.3. The zero-order valence-corrected chi connectivity index (χ0v) is 16.7. The fraction of sp³-hybridized carbons (Fsp3) is 0.227. The lowest BCUT2D eigenvalue weighted by atomic mass is 10.0. The first-order chi connectivity index (χ1) is 13.6. The van der Waals surface area contributed by atoms with Gasteiger partial charge in [-0.2, -0.15) is 0 Å². The van der Waals surface area contributed by atoms with E-state index in [4.69, 9.17) is 4.74 Å². The number of hydrogen-bond donors (Lipinski definition) is 2. The Morgan fingerprint density at radius 3 is 2.64 bits per heavy atom. The summed E-state index contributed by atoms with van der Waals surface area (Å²) in [4.78, 5) is 13.6. The summed E-state index contributed by atoms with van der Waals surface area (Å²) in [6, 6.07) is 15.7. The van der Waals surface area contributed by atoms with Crippen LogP contribution in [0.4, 0.5) is 10.1 Å². The Labute approximate surface area is 168 Å². The largest absolute Gasteiger partial charge is 0.495 e. The maximum Gasteiger partial charge on any atom is 0.222 e. The highest BCUT2D eigenvalue weighted by Crippen LogP contribution is 2.27. The van der Waals surface area contributed by atoms with E-state index in [2.05, 4.69) is 10.6 Å². The molecule has 1 aromatic heterocycles. The van der Waals surface area contributed by atoms with Crippen molar-refractivity contribution in [1.29, 1.82) is 0 Å². The van der Waals surface area contributed by atoms with E-state index in [0.717, 1.165) is 27.4 Å². The van der Waals surface area contributed by atoms with Crippen molar-refractivity contribution in [3.63, 3.8) is 0 Å². The topological polar surface area (TPSA) is 50.4 Å². The molecule has 0 fully saturated rings. The minimum atomic E-state index is -0.295. The van der Waals surface area contributed by atoms with Crippen molar-refractivity contribution >= 4 is 22.9 Å². The average molecular weight is 399 g/mol. The molecule has 146 valence electrons.